The Labute approximate surface area is 175 Å². The van der Waals surface area contributed by atoms with E-state index in [9.17, 15) is 18.0 Å². The SMILES string of the molecule is Cc1ccc(NC(=O)[C@H](OC(=O)c2ccc(S(C)(=O)=O)cc2)c2ccccc2)cc1. The van der Waals surface area contributed by atoms with E-state index in [2.05, 4.69) is 5.32 Å². The maximum Gasteiger partial charge on any atom is 0.339 e. The van der Waals surface area contributed by atoms with Crippen LogP contribution in [0.3, 0.4) is 0 Å². The van der Waals surface area contributed by atoms with Crippen molar-refractivity contribution in [1.82, 2.24) is 0 Å². The van der Waals surface area contributed by atoms with Crippen molar-refractivity contribution in [2.24, 2.45) is 0 Å². The fraction of sp³-hybridized carbons (Fsp3) is 0.130. The summed E-state index contributed by atoms with van der Waals surface area (Å²) in [6.07, 6.45) is -0.0872. The zero-order chi connectivity index (χ0) is 21.7. The molecule has 0 aliphatic carbocycles. The second kappa shape index (κ2) is 8.92. The summed E-state index contributed by atoms with van der Waals surface area (Å²) in [5.41, 5.74) is 2.30. The van der Waals surface area contributed by atoms with E-state index in [4.69, 9.17) is 4.74 Å². The number of nitrogens with one attached hydrogen (secondary N) is 1. The molecule has 1 amide bonds. The Morgan fingerprint density at radius 1 is 0.867 bits per heavy atom. The molecule has 0 spiro atoms. The molecule has 1 atom stereocenters. The highest BCUT2D eigenvalue weighted by atomic mass is 32.2. The van der Waals surface area contributed by atoms with E-state index in [1.165, 1.54) is 24.3 Å². The molecular formula is C23H21NO5S. The van der Waals surface area contributed by atoms with Gasteiger partial charge in [-0.15, -0.1) is 0 Å². The van der Waals surface area contributed by atoms with E-state index in [0.717, 1.165) is 11.8 Å². The predicted octanol–water partition coefficient (Wildman–Crippen LogP) is 3.94. The Hall–Kier alpha value is -3.45. The van der Waals surface area contributed by atoms with Gasteiger partial charge in [0, 0.05) is 17.5 Å². The van der Waals surface area contributed by atoms with Crippen molar-refractivity contribution in [3.05, 3.63) is 95.6 Å². The zero-order valence-electron chi connectivity index (χ0n) is 16.5. The molecule has 7 heteroatoms. The van der Waals surface area contributed by atoms with Crippen molar-refractivity contribution >= 4 is 27.4 Å². The first-order valence-electron chi connectivity index (χ1n) is 9.17. The van der Waals surface area contributed by atoms with E-state index in [1.807, 2.05) is 19.1 Å². The highest BCUT2D eigenvalue weighted by molar-refractivity contribution is 7.90. The molecule has 3 rings (SSSR count). The van der Waals surface area contributed by atoms with Crippen LogP contribution in [0.5, 0.6) is 0 Å². The molecule has 6 nitrogen and oxygen atoms in total. The van der Waals surface area contributed by atoms with Crippen LogP contribution >= 0.6 is 0 Å². The van der Waals surface area contributed by atoms with Crippen molar-refractivity contribution in [1.29, 1.82) is 0 Å². The number of carbonyl (C=O) groups is 2. The van der Waals surface area contributed by atoms with Gasteiger partial charge >= 0.3 is 5.97 Å². The van der Waals surface area contributed by atoms with E-state index in [-0.39, 0.29) is 10.5 Å². The van der Waals surface area contributed by atoms with Crippen LogP contribution in [0.15, 0.2) is 83.8 Å². The van der Waals surface area contributed by atoms with Crippen LogP contribution < -0.4 is 5.32 Å². The average Bonchev–Trinajstić information content (AvgIpc) is 2.73. The number of ether oxygens (including phenoxy) is 1. The minimum absolute atomic E-state index is 0.0933. The number of rotatable bonds is 6. The van der Waals surface area contributed by atoms with E-state index in [0.29, 0.717) is 11.3 Å². The molecule has 0 aromatic heterocycles. The highest BCUT2D eigenvalue weighted by Crippen LogP contribution is 2.22. The van der Waals surface area contributed by atoms with Crippen LogP contribution in [-0.4, -0.2) is 26.6 Å². The van der Waals surface area contributed by atoms with Crippen LogP contribution in [0.2, 0.25) is 0 Å². The third-order valence-corrected chi connectivity index (χ3v) is 5.53. The summed E-state index contributed by atoms with van der Waals surface area (Å²) < 4.78 is 28.7. The first-order chi connectivity index (χ1) is 14.2. The van der Waals surface area contributed by atoms with Crippen LogP contribution in [0.25, 0.3) is 0 Å². The van der Waals surface area contributed by atoms with Crippen molar-refractivity contribution in [2.75, 3.05) is 11.6 Å². The molecule has 0 unspecified atom stereocenters. The van der Waals surface area contributed by atoms with Crippen LogP contribution in [-0.2, 0) is 19.4 Å². The average molecular weight is 423 g/mol. The lowest BCUT2D eigenvalue weighted by Gasteiger charge is -2.18. The van der Waals surface area contributed by atoms with E-state index < -0.39 is 27.8 Å². The number of carbonyl (C=O) groups excluding carboxylic acids is 2. The summed E-state index contributed by atoms with van der Waals surface area (Å²) in [7, 11) is -3.38. The molecule has 0 saturated heterocycles. The minimum Gasteiger partial charge on any atom is -0.444 e. The van der Waals surface area contributed by atoms with Gasteiger partial charge in [0.25, 0.3) is 5.91 Å². The number of esters is 1. The molecule has 0 aliphatic heterocycles. The van der Waals surface area contributed by atoms with Gasteiger partial charge in [-0.05, 0) is 43.3 Å². The Bertz CT molecular complexity index is 1140. The summed E-state index contributed by atoms with van der Waals surface area (Å²) in [4.78, 5) is 25.6. The van der Waals surface area contributed by atoms with Gasteiger partial charge in [-0.25, -0.2) is 13.2 Å². The predicted molar refractivity (Wildman–Crippen MR) is 114 cm³/mol. The minimum atomic E-state index is -3.38. The molecule has 154 valence electrons. The lowest BCUT2D eigenvalue weighted by atomic mass is 10.1. The summed E-state index contributed by atoms with van der Waals surface area (Å²) >= 11 is 0. The summed E-state index contributed by atoms with van der Waals surface area (Å²) in [6.45, 7) is 1.94. The molecule has 0 fully saturated rings. The first-order valence-corrected chi connectivity index (χ1v) is 11.1. The van der Waals surface area contributed by atoms with Gasteiger partial charge in [0.05, 0.1) is 10.5 Å². The molecule has 3 aromatic carbocycles. The van der Waals surface area contributed by atoms with Gasteiger partial charge in [0.2, 0.25) is 6.10 Å². The fourth-order valence-electron chi connectivity index (χ4n) is 2.76. The second-order valence-corrected chi connectivity index (χ2v) is 8.86. The van der Waals surface area contributed by atoms with E-state index >= 15 is 0 Å². The Balaban J connectivity index is 1.83. The largest absolute Gasteiger partial charge is 0.444 e. The van der Waals surface area contributed by atoms with Crippen molar-refractivity contribution in [2.45, 2.75) is 17.9 Å². The standard InChI is InChI=1S/C23H21NO5S/c1-16-8-12-19(13-9-16)24-22(25)21(17-6-4-3-5-7-17)29-23(26)18-10-14-20(15-11-18)30(2,27)28/h3-15,21H,1-2H3,(H,24,25)/t21-/m1/s1. The van der Waals surface area contributed by atoms with Crippen LogP contribution in [0, 0.1) is 6.92 Å². The van der Waals surface area contributed by atoms with Gasteiger partial charge in [-0.1, -0.05) is 48.0 Å². The lowest BCUT2D eigenvalue weighted by molar-refractivity contribution is -0.125. The highest BCUT2D eigenvalue weighted by Gasteiger charge is 2.26. The van der Waals surface area contributed by atoms with Gasteiger partial charge in [-0.2, -0.15) is 0 Å². The summed E-state index contributed by atoms with van der Waals surface area (Å²) in [5, 5.41) is 2.76. The number of sulfone groups is 1. The Morgan fingerprint density at radius 2 is 1.47 bits per heavy atom. The Morgan fingerprint density at radius 3 is 2.03 bits per heavy atom. The normalized spacial score (nSPS) is 12.1. The summed E-state index contributed by atoms with van der Waals surface area (Å²) in [6, 6.07) is 21.3. The number of anilines is 1. The number of aryl methyl sites for hydroxylation is 1. The van der Waals surface area contributed by atoms with Crippen molar-refractivity contribution in [3.8, 4) is 0 Å². The molecule has 30 heavy (non-hydrogen) atoms. The zero-order valence-corrected chi connectivity index (χ0v) is 17.3. The maximum atomic E-state index is 12.9. The third-order valence-electron chi connectivity index (χ3n) is 4.40. The molecule has 0 radical (unpaired) electrons. The number of hydrogen-bond donors (Lipinski definition) is 1. The lowest BCUT2D eigenvalue weighted by Crippen LogP contribution is -2.26. The van der Waals surface area contributed by atoms with Gasteiger partial charge < -0.3 is 10.1 Å². The fourth-order valence-corrected chi connectivity index (χ4v) is 3.39. The summed E-state index contributed by atoms with van der Waals surface area (Å²) in [5.74, 6) is -1.23. The molecule has 3 aromatic rings. The van der Waals surface area contributed by atoms with Crippen LogP contribution in [0.1, 0.15) is 27.6 Å². The molecule has 0 saturated carbocycles. The molecule has 1 N–H and O–H groups in total. The van der Waals surface area contributed by atoms with E-state index in [1.54, 1.807) is 42.5 Å². The number of benzene rings is 3. The van der Waals surface area contributed by atoms with Gasteiger partial charge in [0.1, 0.15) is 0 Å². The molecule has 0 heterocycles. The monoisotopic (exact) mass is 423 g/mol. The number of amides is 1. The second-order valence-electron chi connectivity index (χ2n) is 6.85. The number of hydrogen-bond acceptors (Lipinski definition) is 5. The quantitative estimate of drug-likeness (QED) is 0.607. The molecule has 0 bridgehead atoms. The molecule has 0 aliphatic rings. The smallest absolute Gasteiger partial charge is 0.339 e. The van der Waals surface area contributed by atoms with Gasteiger partial charge in [0.15, 0.2) is 9.84 Å². The van der Waals surface area contributed by atoms with Crippen molar-refractivity contribution < 1.29 is 22.7 Å². The molecular weight excluding hydrogens is 402 g/mol. The van der Waals surface area contributed by atoms with Crippen LogP contribution in [0.4, 0.5) is 5.69 Å². The Kier molecular flexibility index (Phi) is 6.32. The van der Waals surface area contributed by atoms with Crippen molar-refractivity contribution in [3.63, 3.8) is 0 Å². The first kappa shape index (κ1) is 21.3. The maximum absolute atomic E-state index is 12.9. The third kappa shape index (κ3) is 5.33. The topological polar surface area (TPSA) is 89.5 Å². The van der Waals surface area contributed by atoms with Gasteiger partial charge in [-0.3, -0.25) is 4.79 Å².